The summed E-state index contributed by atoms with van der Waals surface area (Å²) in [7, 11) is 0. The number of nitrogens with zero attached hydrogens (tertiary/aromatic N) is 2. The number of aliphatic imine (C=N–C) groups is 1. The maximum atomic E-state index is 12.9. The van der Waals surface area contributed by atoms with Crippen molar-refractivity contribution in [3.05, 3.63) is 58.5 Å². The van der Waals surface area contributed by atoms with Crippen LogP contribution < -0.4 is 9.47 Å². The maximum absolute atomic E-state index is 12.9. The van der Waals surface area contributed by atoms with Gasteiger partial charge in [0.25, 0.3) is 5.91 Å². The van der Waals surface area contributed by atoms with Gasteiger partial charge in [-0.2, -0.15) is 0 Å². The van der Waals surface area contributed by atoms with Crippen LogP contribution in [0.25, 0.3) is 6.08 Å². The number of amidine groups is 1. The van der Waals surface area contributed by atoms with E-state index in [1.807, 2.05) is 52.0 Å². The van der Waals surface area contributed by atoms with Crippen LogP contribution in [-0.4, -0.2) is 46.3 Å². The second-order valence-corrected chi connectivity index (χ2v) is 8.22. The molecule has 7 nitrogen and oxygen atoms in total. The maximum Gasteiger partial charge on any atom is 0.335 e. The minimum absolute atomic E-state index is 0.0202. The van der Waals surface area contributed by atoms with Gasteiger partial charge < -0.3 is 14.6 Å². The third kappa shape index (κ3) is 5.50. The Morgan fingerprint density at radius 1 is 1.16 bits per heavy atom. The van der Waals surface area contributed by atoms with Gasteiger partial charge >= 0.3 is 5.97 Å². The Morgan fingerprint density at radius 2 is 1.88 bits per heavy atom. The third-order valence-corrected chi connectivity index (χ3v) is 5.48. The van der Waals surface area contributed by atoms with Gasteiger partial charge in [-0.25, -0.2) is 9.79 Å². The Balaban J connectivity index is 1.89. The van der Waals surface area contributed by atoms with Gasteiger partial charge in [0.05, 0.1) is 28.9 Å². The molecule has 0 radical (unpaired) electrons. The van der Waals surface area contributed by atoms with Crippen molar-refractivity contribution in [3.63, 3.8) is 0 Å². The van der Waals surface area contributed by atoms with Gasteiger partial charge in [0.2, 0.25) is 0 Å². The summed E-state index contributed by atoms with van der Waals surface area (Å²) in [6.07, 6.45) is 1.83. The number of carbonyl (C=O) groups excluding carboxylic acids is 1. The van der Waals surface area contributed by atoms with Crippen molar-refractivity contribution in [1.29, 1.82) is 0 Å². The van der Waals surface area contributed by atoms with Gasteiger partial charge in [-0.1, -0.05) is 6.07 Å². The van der Waals surface area contributed by atoms with Crippen molar-refractivity contribution < 1.29 is 24.2 Å². The predicted octanol–water partition coefficient (Wildman–Crippen LogP) is 5.19. The van der Waals surface area contributed by atoms with Gasteiger partial charge in [-0.15, -0.1) is 0 Å². The van der Waals surface area contributed by atoms with Gasteiger partial charge in [0.15, 0.2) is 16.7 Å². The molecule has 1 amide bonds. The normalized spacial score (nSPS) is 16.3. The van der Waals surface area contributed by atoms with Crippen LogP contribution in [0.3, 0.4) is 0 Å². The number of ether oxygens (including phenoxy) is 2. The van der Waals surface area contributed by atoms with Crippen LogP contribution in [0.2, 0.25) is 0 Å². The highest BCUT2D eigenvalue weighted by Crippen LogP contribution is 2.36. The summed E-state index contributed by atoms with van der Waals surface area (Å²) in [5.74, 6) is 0.174. The number of benzene rings is 2. The van der Waals surface area contributed by atoms with Gasteiger partial charge in [0, 0.05) is 6.54 Å². The summed E-state index contributed by atoms with van der Waals surface area (Å²) in [5.41, 5.74) is 1.59. The van der Waals surface area contributed by atoms with E-state index in [1.165, 1.54) is 23.9 Å². The van der Waals surface area contributed by atoms with E-state index >= 15 is 0 Å². The third-order valence-electron chi connectivity index (χ3n) is 4.47. The minimum Gasteiger partial charge on any atom is -0.490 e. The Bertz CT molecular complexity index is 1060. The average molecular weight is 455 g/mol. The number of thioether (sulfide) groups is 1. The molecule has 0 bridgehead atoms. The van der Waals surface area contributed by atoms with Crippen molar-refractivity contribution >= 4 is 40.6 Å². The summed E-state index contributed by atoms with van der Waals surface area (Å²) < 4.78 is 11.5. The van der Waals surface area contributed by atoms with E-state index in [-0.39, 0.29) is 17.6 Å². The predicted molar refractivity (Wildman–Crippen MR) is 127 cm³/mol. The molecule has 0 aliphatic carbocycles. The Hall–Kier alpha value is -3.26. The van der Waals surface area contributed by atoms with Crippen molar-refractivity contribution in [1.82, 2.24) is 4.90 Å². The number of aromatic carboxylic acids is 1. The molecule has 2 aromatic rings. The fourth-order valence-corrected chi connectivity index (χ4v) is 4.11. The quantitative estimate of drug-likeness (QED) is 0.552. The smallest absolute Gasteiger partial charge is 0.335 e. The lowest BCUT2D eigenvalue weighted by Crippen LogP contribution is -2.28. The van der Waals surface area contributed by atoms with Crippen molar-refractivity contribution in [2.45, 2.75) is 33.8 Å². The molecule has 1 heterocycles. The molecular weight excluding hydrogens is 428 g/mol. The number of hydrogen-bond acceptors (Lipinski definition) is 6. The molecule has 2 aromatic carbocycles. The molecule has 1 N–H and O–H groups in total. The second-order valence-electron chi connectivity index (χ2n) is 7.21. The SMILES string of the molecule is CCOc1cc(/C=C2/SC(=Nc3ccc(C(=O)O)cc3)N(CC)C2=O)ccc1OC(C)C. The monoisotopic (exact) mass is 454 g/mol. The Morgan fingerprint density at radius 3 is 2.47 bits per heavy atom. The molecule has 0 atom stereocenters. The topological polar surface area (TPSA) is 88.4 Å². The summed E-state index contributed by atoms with van der Waals surface area (Å²) >= 11 is 1.28. The van der Waals surface area contributed by atoms with E-state index < -0.39 is 5.97 Å². The van der Waals surface area contributed by atoms with Crippen LogP contribution >= 0.6 is 11.8 Å². The standard InChI is InChI=1S/C24H26N2O5S/c1-5-26-22(27)21(32-24(26)25-18-10-8-17(9-11-18)23(28)29)14-16-7-12-19(31-15(3)4)20(13-16)30-6-2/h7-15H,5-6H2,1-4H3,(H,28,29)/b21-14+,25-24?. The summed E-state index contributed by atoms with van der Waals surface area (Å²) in [6.45, 7) is 8.68. The number of amides is 1. The first-order chi connectivity index (χ1) is 15.3. The van der Waals surface area contributed by atoms with E-state index in [0.717, 1.165) is 5.56 Å². The molecule has 1 aliphatic heterocycles. The molecule has 0 saturated carbocycles. The first-order valence-corrected chi connectivity index (χ1v) is 11.2. The van der Waals surface area contributed by atoms with Crippen LogP contribution in [0.5, 0.6) is 11.5 Å². The molecule has 0 aromatic heterocycles. The van der Waals surface area contributed by atoms with Crippen LogP contribution in [0.1, 0.15) is 43.6 Å². The number of carbonyl (C=O) groups is 2. The summed E-state index contributed by atoms with van der Waals surface area (Å²) in [5, 5.41) is 9.60. The van der Waals surface area contributed by atoms with Crippen molar-refractivity contribution in [2.75, 3.05) is 13.2 Å². The molecule has 1 aliphatic rings. The Labute approximate surface area is 191 Å². The molecular formula is C24H26N2O5S. The highest BCUT2D eigenvalue weighted by Gasteiger charge is 2.32. The van der Waals surface area contributed by atoms with E-state index in [9.17, 15) is 9.59 Å². The Kier molecular flexibility index (Phi) is 7.58. The van der Waals surface area contributed by atoms with E-state index in [1.54, 1.807) is 17.0 Å². The number of rotatable bonds is 8. The molecule has 32 heavy (non-hydrogen) atoms. The van der Waals surface area contributed by atoms with Crippen molar-refractivity contribution in [3.8, 4) is 11.5 Å². The van der Waals surface area contributed by atoms with E-state index in [0.29, 0.717) is 40.4 Å². The second kappa shape index (κ2) is 10.4. The first kappa shape index (κ1) is 23.4. The molecule has 0 spiro atoms. The fraction of sp³-hybridized carbons (Fsp3) is 0.292. The number of likely N-dealkylation sites (N-methyl/N-ethyl adjacent to an activating group) is 1. The largest absolute Gasteiger partial charge is 0.490 e. The molecule has 168 valence electrons. The van der Waals surface area contributed by atoms with Crippen LogP contribution in [0, 0.1) is 0 Å². The lowest BCUT2D eigenvalue weighted by Gasteiger charge is -2.15. The van der Waals surface area contributed by atoms with Gasteiger partial charge in [0.1, 0.15) is 0 Å². The van der Waals surface area contributed by atoms with Gasteiger partial charge in [-0.3, -0.25) is 9.69 Å². The van der Waals surface area contributed by atoms with Gasteiger partial charge in [-0.05, 0) is 87.5 Å². The van der Waals surface area contributed by atoms with Crippen molar-refractivity contribution in [2.24, 2.45) is 4.99 Å². The van der Waals surface area contributed by atoms with Crippen LogP contribution in [0.15, 0.2) is 52.4 Å². The highest BCUT2D eigenvalue weighted by molar-refractivity contribution is 8.18. The van der Waals surface area contributed by atoms with Crippen LogP contribution in [0.4, 0.5) is 5.69 Å². The fourth-order valence-electron chi connectivity index (χ4n) is 3.04. The minimum atomic E-state index is -0.994. The molecule has 1 saturated heterocycles. The number of hydrogen-bond donors (Lipinski definition) is 1. The first-order valence-electron chi connectivity index (χ1n) is 10.4. The molecule has 3 rings (SSSR count). The van der Waals surface area contributed by atoms with Crippen LogP contribution in [-0.2, 0) is 4.79 Å². The molecule has 1 fully saturated rings. The lowest BCUT2D eigenvalue weighted by atomic mass is 10.2. The summed E-state index contributed by atoms with van der Waals surface area (Å²) in [6, 6.07) is 11.8. The highest BCUT2D eigenvalue weighted by atomic mass is 32.2. The zero-order valence-corrected chi connectivity index (χ0v) is 19.3. The molecule has 0 unspecified atom stereocenters. The number of carboxylic acid groups (broad SMARTS) is 1. The zero-order chi connectivity index (χ0) is 23.3. The van der Waals surface area contributed by atoms with E-state index in [4.69, 9.17) is 14.6 Å². The molecule has 8 heteroatoms. The van der Waals surface area contributed by atoms with E-state index in [2.05, 4.69) is 4.99 Å². The number of carboxylic acids is 1. The lowest BCUT2D eigenvalue weighted by molar-refractivity contribution is -0.122. The zero-order valence-electron chi connectivity index (χ0n) is 18.5. The average Bonchev–Trinajstić information content (AvgIpc) is 3.04. The summed E-state index contributed by atoms with van der Waals surface area (Å²) in [4.78, 5) is 30.7.